The topological polar surface area (TPSA) is 129 Å². The van der Waals surface area contributed by atoms with Gasteiger partial charge in [-0.2, -0.15) is 5.10 Å². The molecular formula is C14H9ClN4O6. The van der Waals surface area contributed by atoms with E-state index in [4.69, 9.17) is 21.1 Å². The van der Waals surface area contributed by atoms with E-state index in [-0.39, 0.29) is 18.2 Å². The zero-order chi connectivity index (χ0) is 18.0. The van der Waals surface area contributed by atoms with E-state index in [0.29, 0.717) is 22.1 Å². The van der Waals surface area contributed by atoms with Crippen LogP contribution in [0.25, 0.3) is 0 Å². The molecule has 128 valence electrons. The number of fused-ring (bicyclic) bond motifs is 1. The second-order valence-corrected chi connectivity index (χ2v) is 5.23. The van der Waals surface area contributed by atoms with Crippen LogP contribution in [-0.2, 0) is 0 Å². The number of hydrogen-bond acceptors (Lipinski definition) is 8. The van der Waals surface area contributed by atoms with Crippen molar-refractivity contribution in [2.24, 2.45) is 5.10 Å². The number of rotatable bonds is 5. The van der Waals surface area contributed by atoms with E-state index in [1.165, 1.54) is 12.3 Å². The first-order valence-electron chi connectivity index (χ1n) is 6.77. The third-order valence-corrected chi connectivity index (χ3v) is 3.52. The molecule has 0 spiro atoms. The number of nitro groups is 2. The van der Waals surface area contributed by atoms with E-state index in [2.05, 4.69) is 10.5 Å². The summed E-state index contributed by atoms with van der Waals surface area (Å²) >= 11 is 6.04. The molecule has 0 unspecified atom stereocenters. The van der Waals surface area contributed by atoms with Crippen molar-refractivity contribution in [2.75, 3.05) is 12.2 Å². The lowest BCUT2D eigenvalue weighted by molar-refractivity contribution is -0.393. The van der Waals surface area contributed by atoms with Crippen LogP contribution in [0.2, 0.25) is 5.02 Å². The van der Waals surface area contributed by atoms with Crippen LogP contribution in [0, 0.1) is 20.2 Å². The van der Waals surface area contributed by atoms with Crippen LogP contribution in [0.15, 0.2) is 35.4 Å². The van der Waals surface area contributed by atoms with E-state index in [0.717, 1.165) is 12.1 Å². The smallest absolute Gasteiger partial charge is 0.301 e. The monoisotopic (exact) mass is 364 g/mol. The molecule has 2 aromatic rings. The van der Waals surface area contributed by atoms with Crippen molar-refractivity contribution in [3.05, 3.63) is 61.1 Å². The minimum Gasteiger partial charge on any atom is -0.454 e. The van der Waals surface area contributed by atoms with Crippen molar-refractivity contribution in [1.82, 2.24) is 0 Å². The van der Waals surface area contributed by atoms with Crippen LogP contribution < -0.4 is 14.9 Å². The molecule has 1 aliphatic heterocycles. The van der Waals surface area contributed by atoms with E-state index in [9.17, 15) is 20.2 Å². The van der Waals surface area contributed by atoms with Gasteiger partial charge in [0.05, 0.1) is 27.2 Å². The first-order chi connectivity index (χ1) is 12.0. The molecule has 11 heteroatoms. The summed E-state index contributed by atoms with van der Waals surface area (Å²) in [6.07, 6.45) is 1.37. The zero-order valence-corrected chi connectivity index (χ0v) is 13.1. The van der Waals surface area contributed by atoms with Crippen molar-refractivity contribution < 1.29 is 19.3 Å². The third-order valence-electron chi connectivity index (χ3n) is 3.24. The summed E-state index contributed by atoms with van der Waals surface area (Å²) < 4.78 is 10.4. The molecule has 0 radical (unpaired) electrons. The third kappa shape index (κ3) is 3.43. The minimum atomic E-state index is -0.734. The molecule has 1 aliphatic rings. The highest BCUT2D eigenvalue weighted by Gasteiger charge is 2.20. The molecule has 2 aromatic carbocycles. The van der Waals surface area contributed by atoms with Crippen molar-refractivity contribution in [2.45, 2.75) is 0 Å². The summed E-state index contributed by atoms with van der Waals surface area (Å²) in [5.41, 5.74) is 2.23. The number of nitro benzene ring substituents is 2. The zero-order valence-electron chi connectivity index (χ0n) is 12.3. The molecule has 0 atom stereocenters. The van der Waals surface area contributed by atoms with Gasteiger partial charge in [0.25, 0.3) is 5.69 Å². The molecule has 0 aromatic heterocycles. The fourth-order valence-corrected chi connectivity index (χ4v) is 2.39. The average molecular weight is 365 g/mol. The summed E-state index contributed by atoms with van der Waals surface area (Å²) in [7, 11) is 0. The van der Waals surface area contributed by atoms with E-state index < -0.39 is 15.5 Å². The van der Waals surface area contributed by atoms with Gasteiger partial charge in [0.15, 0.2) is 11.5 Å². The highest BCUT2D eigenvalue weighted by molar-refractivity contribution is 6.32. The Labute approximate surface area is 144 Å². The molecule has 0 bridgehead atoms. The highest BCUT2D eigenvalue weighted by Crippen LogP contribution is 2.39. The van der Waals surface area contributed by atoms with Gasteiger partial charge < -0.3 is 9.47 Å². The normalized spacial score (nSPS) is 12.4. The molecule has 1 heterocycles. The fourth-order valence-electron chi connectivity index (χ4n) is 2.12. The number of nitrogens with zero attached hydrogens (tertiary/aromatic N) is 3. The quantitative estimate of drug-likeness (QED) is 0.489. The Morgan fingerprint density at radius 1 is 1.16 bits per heavy atom. The van der Waals surface area contributed by atoms with Crippen LogP contribution in [0.4, 0.5) is 17.1 Å². The Bertz CT molecular complexity index is 901. The molecule has 0 saturated carbocycles. The van der Waals surface area contributed by atoms with E-state index in [1.807, 2.05) is 0 Å². The first-order valence-corrected chi connectivity index (χ1v) is 7.14. The summed E-state index contributed by atoms with van der Waals surface area (Å²) in [6, 6.07) is 6.44. The number of hydrogen-bond donors (Lipinski definition) is 1. The van der Waals surface area contributed by atoms with Crippen LogP contribution in [-0.4, -0.2) is 22.9 Å². The van der Waals surface area contributed by atoms with Gasteiger partial charge in [-0.05, 0) is 23.8 Å². The molecule has 1 N–H and O–H groups in total. The standard InChI is InChI=1S/C14H9ClN4O6/c15-10-3-8(4-13-14(10)25-7-24-13)6-16-17-11-2-1-9(18(20)21)5-12(11)19(22)23/h1-6,17H,7H2/b16-6-. The lowest BCUT2D eigenvalue weighted by atomic mass is 10.2. The van der Waals surface area contributed by atoms with Crippen LogP contribution >= 0.6 is 11.6 Å². The van der Waals surface area contributed by atoms with E-state index >= 15 is 0 Å². The predicted octanol–water partition coefficient (Wildman–Crippen LogP) is 3.33. The van der Waals surface area contributed by atoms with Crippen molar-refractivity contribution in [1.29, 1.82) is 0 Å². The number of halogens is 1. The van der Waals surface area contributed by atoms with Gasteiger partial charge in [0.2, 0.25) is 6.79 Å². The number of anilines is 1. The Hall–Kier alpha value is -3.40. The molecule has 0 amide bonds. The van der Waals surface area contributed by atoms with Crippen molar-refractivity contribution in [3.63, 3.8) is 0 Å². The second kappa shape index (κ2) is 6.61. The lowest BCUT2D eigenvalue weighted by Gasteiger charge is -2.03. The van der Waals surface area contributed by atoms with Gasteiger partial charge >= 0.3 is 5.69 Å². The lowest BCUT2D eigenvalue weighted by Crippen LogP contribution is -1.98. The van der Waals surface area contributed by atoms with E-state index in [1.54, 1.807) is 12.1 Å². The van der Waals surface area contributed by atoms with Gasteiger partial charge in [-0.1, -0.05) is 11.6 Å². The number of non-ortho nitro benzene ring substituents is 1. The Morgan fingerprint density at radius 3 is 2.68 bits per heavy atom. The van der Waals surface area contributed by atoms with Gasteiger partial charge in [-0.3, -0.25) is 25.7 Å². The maximum atomic E-state index is 11.0. The Morgan fingerprint density at radius 2 is 1.96 bits per heavy atom. The number of hydrazone groups is 1. The van der Waals surface area contributed by atoms with Gasteiger partial charge in [-0.25, -0.2) is 0 Å². The first kappa shape index (κ1) is 16.5. The molecule has 0 aliphatic carbocycles. The number of benzene rings is 2. The second-order valence-electron chi connectivity index (χ2n) is 4.82. The van der Waals surface area contributed by atoms with Gasteiger partial charge in [0.1, 0.15) is 5.69 Å². The average Bonchev–Trinajstić information content (AvgIpc) is 3.04. The predicted molar refractivity (Wildman–Crippen MR) is 88.5 cm³/mol. The molecule has 0 saturated heterocycles. The number of nitrogens with one attached hydrogen (secondary N) is 1. The van der Waals surface area contributed by atoms with Crippen molar-refractivity contribution >= 4 is 34.9 Å². The molecule has 25 heavy (non-hydrogen) atoms. The van der Waals surface area contributed by atoms with Crippen molar-refractivity contribution in [3.8, 4) is 11.5 Å². The highest BCUT2D eigenvalue weighted by atomic mass is 35.5. The van der Waals surface area contributed by atoms with Crippen LogP contribution in [0.3, 0.4) is 0 Å². The summed E-state index contributed by atoms with van der Waals surface area (Å²) in [6.45, 7) is 0.0723. The Kier molecular flexibility index (Phi) is 4.35. The molecule has 0 fully saturated rings. The maximum Gasteiger partial charge on any atom is 0.301 e. The SMILES string of the molecule is O=[N+]([O-])c1ccc(N/N=C\c2cc(Cl)c3c(c2)OCO3)c([N+](=O)[O-])c1. The Balaban J connectivity index is 1.82. The molecule has 3 rings (SSSR count). The summed E-state index contributed by atoms with van der Waals surface area (Å²) in [4.78, 5) is 20.3. The summed E-state index contributed by atoms with van der Waals surface area (Å²) in [5.74, 6) is 0.910. The largest absolute Gasteiger partial charge is 0.454 e. The summed E-state index contributed by atoms with van der Waals surface area (Å²) in [5, 5.41) is 26.0. The molecular weight excluding hydrogens is 356 g/mol. The van der Waals surface area contributed by atoms with Gasteiger partial charge in [-0.15, -0.1) is 0 Å². The van der Waals surface area contributed by atoms with Crippen LogP contribution in [0.1, 0.15) is 5.56 Å². The van der Waals surface area contributed by atoms with Gasteiger partial charge in [0, 0.05) is 6.07 Å². The fraction of sp³-hybridized carbons (Fsp3) is 0.0714. The number of ether oxygens (including phenoxy) is 2. The van der Waals surface area contributed by atoms with Crippen LogP contribution in [0.5, 0.6) is 11.5 Å². The maximum absolute atomic E-state index is 11.0. The molecule has 10 nitrogen and oxygen atoms in total. The minimum absolute atomic E-state index is 0.0127.